The van der Waals surface area contributed by atoms with Crippen LogP contribution in [0.3, 0.4) is 0 Å². The molecule has 6 heteroatoms. The number of hydrogen-bond donors (Lipinski definition) is 1. The van der Waals surface area contributed by atoms with Gasteiger partial charge in [-0.2, -0.15) is 5.10 Å². The van der Waals surface area contributed by atoms with Gasteiger partial charge >= 0.3 is 0 Å². The van der Waals surface area contributed by atoms with Crippen molar-refractivity contribution in [3.8, 4) is 22.8 Å². The van der Waals surface area contributed by atoms with E-state index in [-0.39, 0.29) is 5.54 Å². The predicted octanol–water partition coefficient (Wildman–Crippen LogP) is 4.62. The highest BCUT2D eigenvalue weighted by Crippen LogP contribution is 2.34. The van der Waals surface area contributed by atoms with Gasteiger partial charge in [0.05, 0.1) is 10.9 Å². The van der Waals surface area contributed by atoms with Gasteiger partial charge in [-0.3, -0.25) is 0 Å². The maximum Gasteiger partial charge on any atom is 0.164 e. The smallest absolute Gasteiger partial charge is 0.164 e. The van der Waals surface area contributed by atoms with Crippen LogP contribution in [0.1, 0.15) is 20.8 Å². The molecule has 0 bridgehead atoms. The lowest BCUT2D eigenvalue weighted by Gasteiger charge is -2.19. The molecule has 0 aliphatic rings. The standard InChI is InChI=1S/C21H21N5O/c1-21(2,3)26-20-17(19(22)23-13-24-20)18(25-26)14-9-11-16(12-10-14)27-15-7-5-4-6-8-15/h4-13H,1-3H3,(H2,22,23,24). The molecule has 2 heterocycles. The molecule has 0 saturated heterocycles. The maximum atomic E-state index is 6.15. The van der Waals surface area contributed by atoms with E-state index >= 15 is 0 Å². The van der Waals surface area contributed by atoms with Gasteiger partial charge in [0, 0.05) is 5.56 Å². The van der Waals surface area contributed by atoms with Crippen molar-refractivity contribution >= 4 is 16.9 Å². The molecular weight excluding hydrogens is 338 g/mol. The first-order valence-corrected chi connectivity index (χ1v) is 8.76. The molecule has 0 aliphatic carbocycles. The van der Waals surface area contributed by atoms with E-state index in [2.05, 4.69) is 30.7 Å². The number of fused-ring (bicyclic) bond motifs is 1. The van der Waals surface area contributed by atoms with Crippen LogP contribution in [0.15, 0.2) is 60.9 Å². The fourth-order valence-corrected chi connectivity index (χ4v) is 2.95. The quantitative estimate of drug-likeness (QED) is 0.577. The highest BCUT2D eigenvalue weighted by molar-refractivity contribution is 5.98. The molecule has 0 atom stereocenters. The maximum absolute atomic E-state index is 6.15. The topological polar surface area (TPSA) is 78.9 Å². The van der Waals surface area contributed by atoms with Crippen molar-refractivity contribution in [2.24, 2.45) is 0 Å². The number of hydrogen-bond acceptors (Lipinski definition) is 5. The number of aromatic nitrogens is 4. The summed E-state index contributed by atoms with van der Waals surface area (Å²) in [5.74, 6) is 1.98. The van der Waals surface area contributed by atoms with Gasteiger partial charge in [0.15, 0.2) is 5.65 Å². The summed E-state index contributed by atoms with van der Waals surface area (Å²) in [6.45, 7) is 6.24. The van der Waals surface area contributed by atoms with E-state index < -0.39 is 0 Å². The normalized spacial score (nSPS) is 11.7. The van der Waals surface area contributed by atoms with E-state index in [1.807, 2.05) is 59.3 Å². The molecule has 0 aliphatic heterocycles. The molecule has 0 spiro atoms. The lowest BCUT2D eigenvalue weighted by molar-refractivity contribution is 0.367. The second-order valence-corrected chi connectivity index (χ2v) is 7.33. The zero-order valence-corrected chi connectivity index (χ0v) is 15.5. The van der Waals surface area contributed by atoms with Crippen LogP contribution in [0.4, 0.5) is 5.82 Å². The average molecular weight is 359 g/mol. The lowest BCUT2D eigenvalue weighted by Crippen LogP contribution is -2.23. The van der Waals surface area contributed by atoms with E-state index in [0.717, 1.165) is 33.8 Å². The van der Waals surface area contributed by atoms with E-state index in [1.165, 1.54) is 6.33 Å². The first-order chi connectivity index (χ1) is 12.9. The van der Waals surface area contributed by atoms with Gasteiger partial charge in [-0.05, 0) is 57.2 Å². The zero-order valence-electron chi connectivity index (χ0n) is 15.5. The summed E-state index contributed by atoms with van der Waals surface area (Å²) in [4.78, 5) is 8.56. The Morgan fingerprint density at radius 3 is 2.22 bits per heavy atom. The Hall–Kier alpha value is -3.41. The summed E-state index contributed by atoms with van der Waals surface area (Å²) in [5.41, 5.74) is 8.36. The van der Waals surface area contributed by atoms with Crippen molar-refractivity contribution in [1.82, 2.24) is 19.7 Å². The van der Waals surface area contributed by atoms with Crippen LogP contribution in [0.2, 0.25) is 0 Å². The molecule has 0 saturated carbocycles. The van der Waals surface area contributed by atoms with Crippen LogP contribution < -0.4 is 10.5 Å². The Morgan fingerprint density at radius 1 is 0.889 bits per heavy atom. The molecule has 0 amide bonds. The number of nitrogens with two attached hydrogens (primary N) is 1. The first-order valence-electron chi connectivity index (χ1n) is 8.76. The molecule has 0 fully saturated rings. The summed E-state index contributed by atoms with van der Waals surface area (Å²) in [6, 6.07) is 17.5. The van der Waals surface area contributed by atoms with Gasteiger partial charge in [0.1, 0.15) is 29.3 Å². The molecule has 0 radical (unpaired) electrons. The fourth-order valence-electron chi connectivity index (χ4n) is 2.95. The fraction of sp³-hybridized carbons (Fsp3) is 0.190. The Balaban J connectivity index is 1.76. The molecule has 136 valence electrons. The number of benzene rings is 2. The van der Waals surface area contributed by atoms with Crippen LogP contribution in [-0.4, -0.2) is 19.7 Å². The van der Waals surface area contributed by atoms with Crippen LogP contribution >= 0.6 is 0 Å². The molecular formula is C21H21N5O. The van der Waals surface area contributed by atoms with Crippen molar-refractivity contribution in [2.45, 2.75) is 26.3 Å². The zero-order chi connectivity index (χ0) is 19.0. The van der Waals surface area contributed by atoms with Crippen molar-refractivity contribution < 1.29 is 4.74 Å². The minimum absolute atomic E-state index is 0.229. The van der Waals surface area contributed by atoms with Crippen molar-refractivity contribution in [3.63, 3.8) is 0 Å². The van der Waals surface area contributed by atoms with Crippen LogP contribution in [0, 0.1) is 0 Å². The second-order valence-electron chi connectivity index (χ2n) is 7.33. The van der Waals surface area contributed by atoms with E-state index in [4.69, 9.17) is 15.6 Å². The second kappa shape index (κ2) is 6.39. The molecule has 6 nitrogen and oxygen atoms in total. The third kappa shape index (κ3) is 3.21. The van der Waals surface area contributed by atoms with Gasteiger partial charge < -0.3 is 10.5 Å². The van der Waals surface area contributed by atoms with Gasteiger partial charge in [0.2, 0.25) is 0 Å². The van der Waals surface area contributed by atoms with Crippen molar-refractivity contribution in [3.05, 3.63) is 60.9 Å². The predicted molar refractivity (Wildman–Crippen MR) is 107 cm³/mol. The number of nitrogens with zero attached hydrogens (tertiary/aromatic N) is 4. The molecule has 4 rings (SSSR count). The van der Waals surface area contributed by atoms with Crippen LogP contribution in [0.5, 0.6) is 11.5 Å². The van der Waals surface area contributed by atoms with E-state index in [9.17, 15) is 0 Å². The SMILES string of the molecule is CC(C)(C)n1nc(-c2ccc(Oc3ccccc3)cc2)c2c(N)ncnc21. The first kappa shape index (κ1) is 17.0. The van der Waals surface area contributed by atoms with Crippen molar-refractivity contribution in [1.29, 1.82) is 0 Å². The molecule has 27 heavy (non-hydrogen) atoms. The number of nitrogen functional groups attached to an aromatic ring is 1. The summed E-state index contributed by atoms with van der Waals surface area (Å²) < 4.78 is 7.76. The number of para-hydroxylation sites is 1. The molecule has 2 N–H and O–H groups in total. The average Bonchev–Trinajstić information content (AvgIpc) is 3.05. The van der Waals surface area contributed by atoms with E-state index in [0.29, 0.717) is 5.82 Å². The number of anilines is 1. The summed E-state index contributed by atoms with van der Waals surface area (Å²) in [5, 5.41) is 5.57. The Bertz CT molecular complexity index is 1080. The Morgan fingerprint density at radius 2 is 1.56 bits per heavy atom. The third-order valence-corrected chi connectivity index (χ3v) is 4.24. The van der Waals surface area contributed by atoms with Gasteiger partial charge in [-0.1, -0.05) is 18.2 Å². The highest BCUT2D eigenvalue weighted by Gasteiger charge is 2.23. The van der Waals surface area contributed by atoms with Gasteiger partial charge in [-0.15, -0.1) is 0 Å². The summed E-state index contributed by atoms with van der Waals surface area (Å²) in [6.07, 6.45) is 1.47. The Labute approximate surface area is 157 Å². The van der Waals surface area contributed by atoms with Gasteiger partial charge in [-0.25, -0.2) is 14.6 Å². The summed E-state index contributed by atoms with van der Waals surface area (Å²) in [7, 11) is 0. The minimum atomic E-state index is -0.229. The van der Waals surface area contributed by atoms with Crippen LogP contribution in [-0.2, 0) is 5.54 Å². The molecule has 2 aromatic carbocycles. The Kier molecular flexibility index (Phi) is 4.03. The minimum Gasteiger partial charge on any atom is -0.457 e. The third-order valence-electron chi connectivity index (χ3n) is 4.24. The van der Waals surface area contributed by atoms with Gasteiger partial charge in [0.25, 0.3) is 0 Å². The van der Waals surface area contributed by atoms with Crippen LogP contribution in [0.25, 0.3) is 22.3 Å². The van der Waals surface area contributed by atoms with Crippen molar-refractivity contribution in [2.75, 3.05) is 5.73 Å². The number of rotatable bonds is 3. The highest BCUT2D eigenvalue weighted by atomic mass is 16.5. The number of ether oxygens (including phenoxy) is 1. The van der Waals surface area contributed by atoms with E-state index in [1.54, 1.807) is 0 Å². The largest absolute Gasteiger partial charge is 0.457 e. The molecule has 2 aromatic heterocycles. The molecule has 0 unspecified atom stereocenters. The monoisotopic (exact) mass is 359 g/mol. The lowest BCUT2D eigenvalue weighted by atomic mass is 10.1. The summed E-state index contributed by atoms with van der Waals surface area (Å²) >= 11 is 0. The molecule has 4 aromatic rings.